The van der Waals surface area contributed by atoms with E-state index in [0.29, 0.717) is 5.56 Å². The Kier molecular flexibility index (Phi) is 5.02. The van der Waals surface area contributed by atoms with E-state index in [0.717, 1.165) is 50.6 Å². The highest BCUT2D eigenvalue weighted by Gasteiger charge is 2.23. The third-order valence-electron chi connectivity index (χ3n) is 5.44. The fraction of sp³-hybridized carbons (Fsp3) is 0.381. The quantitative estimate of drug-likeness (QED) is 0.826. The van der Waals surface area contributed by atoms with E-state index in [-0.39, 0.29) is 16.8 Å². The van der Waals surface area contributed by atoms with E-state index in [1.807, 2.05) is 12.1 Å². The van der Waals surface area contributed by atoms with Crippen molar-refractivity contribution < 1.29 is 13.2 Å². The monoisotopic (exact) mass is 384 g/mol. The van der Waals surface area contributed by atoms with E-state index < -0.39 is 10.0 Å². The zero-order valence-corrected chi connectivity index (χ0v) is 16.0. The molecule has 0 aliphatic heterocycles. The van der Waals surface area contributed by atoms with Crippen LogP contribution in [0.1, 0.15) is 53.6 Å². The molecule has 2 aliphatic carbocycles. The summed E-state index contributed by atoms with van der Waals surface area (Å²) in [5, 5.41) is 2.89. The van der Waals surface area contributed by atoms with E-state index in [4.69, 9.17) is 0 Å². The van der Waals surface area contributed by atoms with Crippen LogP contribution in [0.2, 0.25) is 0 Å². The Bertz CT molecular complexity index is 963. The summed E-state index contributed by atoms with van der Waals surface area (Å²) in [4.78, 5) is 12.7. The molecule has 2 aliphatic rings. The molecule has 2 aromatic carbocycles. The van der Waals surface area contributed by atoms with Crippen molar-refractivity contribution in [2.45, 2.75) is 55.9 Å². The van der Waals surface area contributed by atoms with Gasteiger partial charge in [0, 0.05) is 17.3 Å². The standard InChI is InChI=1S/C21H24N2O3S/c24-21(22-19-12-11-15-5-3-6-16(15)13-19)17-7-4-10-20(14-17)27(25,26)23-18-8-1-2-9-18/h4,7,10-14,18,23H,1-3,5-6,8-9H2,(H,22,24). The van der Waals surface area contributed by atoms with Crippen molar-refractivity contribution in [3.05, 3.63) is 59.2 Å². The normalized spacial score (nSPS) is 17.0. The number of aryl methyl sites for hydroxylation is 2. The number of carbonyl (C=O) groups excluding carboxylic acids is 1. The summed E-state index contributed by atoms with van der Waals surface area (Å²) in [6, 6.07) is 12.2. The van der Waals surface area contributed by atoms with Gasteiger partial charge in [-0.05, 0) is 73.6 Å². The molecule has 1 fully saturated rings. The minimum Gasteiger partial charge on any atom is -0.322 e. The average Bonchev–Trinajstić information content (AvgIpc) is 3.32. The van der Waals surface area contributed by atoms with E-state index in [1.54, 1.807) is 12.1 Å². The second-order valence-corrected chi connectivity index (χ2v) is 9.14. The van der Waals surface area contributed by atoms with Crippen LogP contribution in [0.5, 0.6) is 0 Å². The number of rotatable bonds is 5. The average molecular weight is 385 g/mol. The highest BCUT2D eigenvalue weighted by molar-refractivity contribution is 7.89. The maximum absolute atomic E-state index is 12.6. The SMILES string of the molecule is O=C(Nc1ccc2c(c1)CCC2)c1cccc(S(=O)(=O)NC2CCCC2)c1. The zero-order chi connectivity index (χ0) is 18.9. The van der Waals surface area contributed by atoms with Crippen LogP contribution in [0.3, 0.4) is 0 Å². The number of hydrogen-bond donors (Lipinski definition) is 2. The van der Waals surface area contributed by atoms with Gasteiger partial charge in [-0.1, -0.05) is 25.0 Å². The molecule has 2 N–H and O–H groups in total. The Labute approximate surface area is 160 Å². The first-order valence-electron chi connectivity index (χ1n) is 9.57. The number of benzene rings is 2. The first-order chi connectivity index (χ1) is 13.0. The van der Waals surface area contributed by atoms with E-state index >= 15 is 0 Å². The van der Waals surface area contributed by atoms with Gasteiger partial charge in [0.2, 0.25) is 10.0 Å². The Hall–Kier alpha value is -2.18. The van der Waals surface area contributed by atoms with Crippen molar-refractivity contribution in [3.8, 4) is 0 Å². The number of fused-ring (bicyclic) bond motifs is 1. The predicted molar refractivity (Wildman–Crippen MR) is 105 cm³/mol. The van der Waals surface area contributed by atoms with Crippen molar-refractivity contribution in [1.29, 1.82) is 0 Å². The van der Waals surface area contributed by atoms with Crippen molar-refractivity contribution in [2.75, 3.05) is 5.32 Å². The maximum Gasteiger partial charge on any atom is 0.255 e. The highest BCUT2D eigenvalue weighted by Crippen LogP contribution is 2.25. The van der Waals surface area contributed by atoms with Crippen LogP contribution in [-0.2, 0) is 22.9 Å². The molecule has 142 valence electrons. The molecule has 1 saturated carbocycles. The smallest absolute Gasteiger partial charge is 0.255 e. The molecular weight excluding hydrogens is 360 g/mol. The lowest BCUT2D eigenvalue weighted by atomic mass is 10.1. The Morgan fingerprint density at radius 2 is 1.70 bits per heavy atom. The lowest BCUT2D eigenvalue weighted by molar-refractivity contribution is 0.102. The van der Waals surface area contributed by atoms with Crippen LogP contribution in [-0.4, -0.2) is 20.4 Å². The molecule has 0 heterocycles. The van der Waals surface area contributed by atoms with Crippen LogP contribution in [0.25, 0.3) is 0 Å². The lowest BCUT2D eigenvalue weighted by Crippen LogP contribution is -2.32. The van der Waals surface area contributed by atoms with Gasteiger partial charge in [0.1, 0.15) is 0 Å². The van der Waals surface area contributed by atoms with E-state index in [2.05, 4.69) is 16.1 Å². The van der Waals surface area contributed by atoms with Gasteiger partial charge in [-0.2, -0.15) is 0 Å². The lowest BCUT2D eigenvalue weighted by Gasteiger charge is -2.13. The molecule has 2 aromatic rings. The molecule has 0 unspecified atom stereocenters. The summed E-state index contributed by atoms with van der Waals surface area (Å²) < 4.78 is 28.0. The molecular formula is C21H24N2O3S. The topological polar surface area (TPSA) is 75.3 Å². The largest absolute Gasteiger partial charge is 0.322 e. The van der Waals surface area contributed by atoms with Gasteiger partial charge in [-0.15, -0.1) is 0 Å². The van der Waals surface area contributed by atoms with Crippen LogP contribution in [0.15, 0.2) is 47.4 Å². The van der Waals surface area contributed by atoms with Crippen LogP contribution in [0.4, 0.5) is 5.69 Å². The van der Waals surface area contributed by atoms with Crippen molar-refractivity contribution in [2.24, 2.45) is 0 Å². The Morgan fingerprint density at radius 1 is 0.926 bits per heavy atom. The van der Waals surface area contributed by atoms with Crippen molar-refractivity contribution in [3.63, 3.8) is 0 Å². The second kappa shape index (κ2) is 7.44. The highest BCUT2D eigenvalue weighted by atomic mass is 32.2. The summed E-state index contributed by atoms with van der Waals surface area (Å²) in [6.45, 7) is 0. The van der Waals surface area contributed by atoms with Crippen LogP contribution in [0, 0.1) is 0 Å². The number of anilines is 1. The van der Waals surface area contributed by atoms with Crippen molar-refractivity contribution in [1.82, 2.24) is 4.72 Å². The van der Waals surface area contributed by atoms with Gasteiger partial charge in [0.25, 0.3) is 5.91 Å². The fourth-order valence-corrected chi connectivity index (χ4v) is 5.34. The zero-order valence-electron chi connectivity index (χ0n) is 15.2. The van der Waals surface area contributed by atoms with E-state index in [9.17, 15) is 13.2 Å². The summed E-state index contributed by atoms with van der Waals surface area (Å²) in [5.74, 6) is -0.300. The van der Waals surface area contributed by atoms with Crippen molar-refractivity contribution >= 4 is 21.6 Å². The third-order valence-corrected chi connectivity index (χ3v) is 6.96. The van der Waals surface area contributed by atoms with Gasteiger partial charge in [-0.25, -0.2) is 13.1 Å². The number of hydrogen-bond acceptors (Lipinski definition) is 3. The number of sulfonamides is 1. The predicted octanol–water partition coefficient (Wildman–Crippen LogP) is 3.65. The molecule has 0 bridgehead atoms. The summed E-state index contributed by atoms with van der Waals surface area (Å²) in [7, 11) is -3.61. The van der Waals surface area contributed by atoms with E-state index in [1.165, 1.54) is 23.3 Å². The first kappa shape index (κ1) is 18.2. The minimum atomic E-state index is -3.61. The molecule has 0 aromatic heterocycles. The fourth-order valence-electron chi connectivity index (χ4n) is 3.99. The van der Waals surface area contributed by atoms with Crippen LogP contribution < -0.4 is 10.0 Å². The molecule has 6 heteroatoms. The number of nitrogens with one attached hydrogen (secondary N) is 2. The second-order valence-electron chi connectivity index (χ2n) is 7.42. The van der Waals surface area contributed by atoms with Gasteiger partial charge in [-0.3, -0.25) is 4.79 Å². The summed E-state index contributed by atoms with van der Waals surface area (Å²) >= 11 is 0. The van der Waals surface area contributed by atoms with Gasteiger partial charge in [0.15, 0.2) is 0 Å². The molecule has 0 radical (unpaired) electrons. The summed E-state index contributed by atoms with van der Waals surface area (Å²) in [5.41, 5.74) is 3.71. The Morgan fingerprint density at radius 3 is 2.52 bits per heavy atom. The third kappa shape index (κ3) is 4.06. The molecule has 27 heavy (non-hydrogen) atoms. The van der Waals surface area contributed by atoms with Crippen LogP contribution >= 0.6 is 0 Å². The minimum absolute atomic E-state index is 0.00102. The molecule has 4 rings (SSSR count). The van der Waals surface area contributed by atoms with Gasteiger partial charge >= 0.3 is 0 Å². The number of carbonyl (C=O) groups is 1. The maximum atomic E-state index is 12.6. The molecule has 0 atom stereocenters. The number of amides is 1. The molecule has 1 amide bonds. The molecule has 0 spiro atoms. The Balaban J connectivity index is 1.50. The molecule has 5 nitrogen and oxygen atoms in total. The van der Waals surface area contributed by atoms with Gasteiger partial charge < -0.3 is 5.32 Å². The first-order valence-corrected chi connectivity index (χ1v) is 11.1. The van der Waals surface area contributed by atoms with Gasteiger partial charge in [0.05, 0.1) is 4.90 Å². The summed E-state index contributed by atoms with van der Waals surface area (Å²) in [6.07, 6.45) is 7.14. The molecule has 0 saturated heterocycles.